The molecule has 0 saturated carbocycles. The van der Waals surface area contributed by atoms with Gasteiger partial charge in [0.15, 0.2) is 5.54 Å². The number of hydrazone groups is 1. The number of benzene rings is 3. The number of hydrogen-bond acceptors (Lipinski definition) is 5. The van der Waals surface area contributed by atoms with Gasteiger partial charge < -0.3 is 5.32 Å². The van der Waals surface area contributed by atoms with Crippen LogP contribution >= 0.6 is 0 Å². The summed E-state index contributed by atoms with van der Waals surface area (Å²) in [5.41, 5.74) is 1.85. The zero-order valence-electron chi connectivity index (χ0n) is 16.3. The molecule has 7 nitrogen and oxygen atoms in total. The van der Waals surface area contributed by atoms with Gasteiger partial charge in [0.1, 0.15) is 5.69 Å². The van der Waals surface area contributed by atoms with Crippen LogP contribution in [0.2, 0.25) is 0 Å². The summed E-state index contributed by atoms with van der Waals surface area (Å²) >= 11 is 0. The van der Waals surface area contributed by atoms with Gasteiger partial charge in [0, 0.05) is 0 Å². The van der Waals surface area contributed by atoms with Crippen molar-refractivity contribution in [3.63, 3.8) is 0 Å². The van der Waals surface area contributed by atoms with Gasteiger partial charge in [-0.15, -0.1) is 5.01 Å². The molecular weight excluding hydrogens is 390 g/mol. The summed E-state index contributed by atoms with van der Waals surface area (Å²) in [5, 5.41) is 7.85. The third-order valence-electron chi connectivity index (χ3n) is 5.19. The highest BCUT2D eigenvalue weighted by atomic mass is 16.2. The fourth-order valence-electron chi connectivity index (χ4n) is 3.71. The number of carbonyl (C=O) groups excluding carboxylic acids is 2. The number of hydrogen-bond donors (Lipinski definition) is 1. The van der Waals surface area contributed by atoms with E-state index in [9.17, 15) is 9.59 Å². The lowest BCUT2D eigenvalue weighted by Crippen LogP contribution is -2.44. The highest BCUT2D eigenvalue weighted by Gasteiger charge is 2.54. The number of rotatable bonds is 4. The van der Waals surface area contributed by atoms with E-state index in [1.54, 1.807) is 6.20 Å². The topological polar surface area (TPSA) is 87.5 Å². The molecule has 4 aromatic rings. The van der Waals surface area contributed by atoms with Crippen molar-refractivity contribution in [1.29, 1.82) is 0 Å². The average molecular weight is 407 g/mol. The minimum absolute atomic E-state index is 0.441. The minimum Gasteiger partial charge on any atom is -0.314 e. The first kappa shape index (κ1) is 18.6. The fraction of sp³-hybridized carbons (Fsp3) is 0.0417. The highest BCUT2D eigenvalue weighted by molar-refractivity contribution is 6.09. The molecule has 0 spiro atoms. The van der Waals surface area contributed by atoms with Crippen molar-refractivity contribution in [1.82, 2.24) is 20.3 Å². The Morgan fingerprint density at radius 1 is 0.806 bits per heavy atom. The number of carbonyl (C=O) groups is 2. The Balaban J connectivity index is 1.54. The zero-order valence-corrected chi connectivity index (χ0v) is 16.3. The molecule has 3 amide bonds. The molecule has 1 N–H and O–H groups in total. The summed E-state index contributed by atoms with van der Waals surface area (Å²) in [4.78, 5) is 35.2. The molecule has 0 bridgehead atoms. The van der Waals surface area contributed by atoms with Crippen LogP contribution in [-0.2, 0) is 10.3 Å². The van der Waals surface area contributed by atoms with E-state index in [1.807, 2.05) is 84.9 Å². The molecule has 31 heavy (non-hydrogen) atoms. The Morgan fingerprint density at radius 2 is 1.39 bits per heavy atom. The van der Waals surface area contributed by atoms with Crippen LogP contribution in [0.4, 0.5) is 4.79 Å². The van der Waals surface area contributed by atoms with Crippen molar-refractivity contribution < 1.29 is 9.59 Å². The Bertz CT molecular complexity index is 1270. The van der Waals surface area contributed by atoms with Crippen molar-refractivity contribution in [2.24, 2.45) is 5.10 Å². The van der Waals surface area contributed by atoms with Crippen LogP contribution in [0.5, 0.6) is 0 Å². The smallest absolute Gasteiger partial charge is 0.314 e. The molecule has 150 valence electrons. The third kappa shape index (κ3) is 3.12. The van der Waals surface area contributed by atoms with Crippen LogP contribution in [-0.4, -0.2) is 33.1 Å². The molecule has 1 fully saturated rings. The maximum absolute atomic E-state index is 13.6. The number of aromatic nitrogens is 2. The van der Waals surface area contributed by atoms with Crippen LogP contribution in [0.3, 0.4) is 0 Å². The predicted octanol–water partition coefficient (Wildman–Crippen LogP) is 3.46. The maximum Gasteiger partial charge on any atom is 0.346 e. The second-order valence-corrected chi connectivity index (χ2v) is 7.06. The summed E-state index contributed by atoms with van der Waals surface area (Å²) < 4.78 is 0. The highest BCUT2D eigenvalue weighted by Crippen LogP contribution is 2.36. The number of nitrogens with zero attached hydrogens (tertiary/aromatic N) is 4. The number of amides is 3. The molecule has 5 rings (SSSR count). The predicted molar refractivity (Wildman–Crippen MR) is 116 cm³/mol. The first-order valence-corrected chi connectivity index (χ1v) is 9.72. The number of fused-ring (bicyclic) bond motifs is 1. The van der Waals surface area contributed by atoms with Crippen molar-refractivity contribution >= 4 is 29.2 Å². The lowest BCUT2D eigenvalue weighted by molar-refractivity contribution is -0.130. The van der Waals surface area contributed by atoms with E-state index in [2.05, 4.69) is 20.4 Å². The van der Waals surface area contributed by atoms with Crippen LogP contribution in [0, 0.1) is 0 Å². The molecule has 0 aliphatic carbocycles. The van der Waals surface area contributed by atoms with Crippen LogP contribution in [0.25, 0.3) is 11.0 Å². The van der Waals surface area contributed by atoms with Gasteiger partial charge >= 0.3 is 6.03 Å². The van der Waals surface area contributed by atoms with Gasteiger partial charge in [-0.25, -0.2) is 9.78 Å². The van der Waals surface area contributed by atoms with Gasteiger partial charge in [-0.1, -0.05) is 72.8 Å². The number of nitrogens with one attached hydrogen (secondary N) is 1. The zero-order chi connectivity index (χ0) is 21.3. The van der Waals surface area contributed by atoms with Gasteiger partial charge in [0.05, 0.1) is 23.4 Å². The molecule has 0 unspecified atom stereocenters. The van der Waals surface area contributed by atoms with E-state index in [4.69, 9.17) is 0 Å². The van der Waals surface area contributed by atoms with Gasteiger partial charge in [-0.05, 0) is 23.3 Å². The lowest BCUT2D eigenvalue weighted by atomic mass is 9.83. The first-order chi connectivity index (χ1) is 15.2. The molecule has 0 radical (unpaired) electrons. The Labute approximate surface area is 178 Å². The molecule has 1 aliphatic heterocycles. The van der Waals surface area contributed by atoms with Gasteiger partial charge in [-0.2, -0.15) is 5.10 Å². The Kier molecular flexibility index (Phi) is 4.48. The van der Waals surface area contributed by atoms with E-state index in [0.717, 1.165) is 10.5 Å². The Morgan fingerprint density at radius 3 is 2.03 bits per heavy atom. The summed E-state index contributed by atoms with van der Waals surface area (Å²) in [6.07, 6.45) is 2.91. The Hall–Kier alpha value is -4.39. The number of imide groups is 1. The van der Waals surface area contributed by atoms with Crippen molar-refractivity contribution in [2.45, 2.75) is 5.54 Å². The summed E-state index contributed by atoms with van der Waals surface area (Å²) in [7, 11) is 0. The van der Waals surface area contributed by atoms with Crippen molar-refractivity contribution in [2.75, 3.05) is 0 Å². The van der Waals surface area contributed by atoms with Crippen LogP contribution in [0.1, 0.15) is 16.8 Å². The minimum atomic E-state index is -1.36. The van der Waals surface area contributed by atoms with E-state index in [0.29, 0.717) is 22.3 Å². The molecule has 2 heterocycles. The second kappa shape index (κ2) is 7.46. The average Bonchev–Trinajstić information content (AvgIpc) is 3.09. The molecular formula is C24H17N5O2. The van der Waals surface area contributed by atoms with Crippen LogP contribution in [0.15, 0.2) is 96.2 Å². The standard InChI is InChI=1S/C24H17N5O2/c30-22-24(17-9-3-1-4-10-17,18-11-5-2-6-12-18)28-23(31)29(22)26-16-19-15-25-20-13-7-8-14-21(20)27-19/h1-16H,(H,28,31)/b26-16-. The van der Waals surface area contributed by atoms with E-state index in [-0.39, 0.29) is 0 Å². The molecule has 1 aromatic heterocycles. The third-order valence-corrected chi connectivity index (χ3v) is 5.19. The van der Waals surface area contributed by atoms with Gasteiger partial charge in [0.2, 0.25) is 0 Å². The summed E-state index contributed by atoms with van der Waals surface area (Å²) in [6.45, 7) is 0. The van der Waals surface area contributed by atoms with Crippen molar-refractivity contribution in [3.05, 3.63) is 108 Å². The molecule has 1 aliphatic rings. The van der Waals surface area contributed by atoms with Gasteiger partial charge in [-0.3, -0.25) is 9.78 Å². The lowest BCUT2D eigenvalue weighted by Gasteiger charge is -2.27. The second-order valence-electron chi connectivity index (χ2n) is 7.06. The van der Waals surface area contributed by atoms with Gasteiger partial charge in [0.25, 0.3) is 5.91 Å². The fourth-order valence-corrected chi connectivity index (χ4v) is 3.71. The summed E-state index contributed by atoms with van der Waals surface area (Å²) in [5.74, 6) is -0.486. The molecule has 1 saturated heterocycles. The van der Waals surface area contributed by atoms with E-state index < -0.39 is 17.5 Å². The van der Waals surface area contributed by atoms with Crippen LogP contribution < -0.4 is 5.32 Å². The SMILES string of the molecule is O=C1NC(c2ccccc2)(c2ccccc2)C(=O)N1/N=C\c1cnc2ccccc2n1. The van der Waals surface area contributed by atoms with Crippen molar-refractivity contribution in [3.8, 4) is 0 Å². The number of para-hydroxylation sites is 2. The summed E-state index contributed by atoms with van der Waals surface area (Å²) in [6, 6.07) is 25.1. The monoisotopic (exact) mass is 407 g/mol. The van der Waals surface area contributed by atoms with E-state index >= 15 is 0 Å². The number of urea groups is 1. The largest absolute Gasteiger partial charge is 0.346 e. The first-order valence-electron chi connectivity index (χ1n) is 9.72. The molecule has 3 aromatic carbocycles. The molecule has 0 atom stereocenters. The molecule has 7 heteroatoms. The quantitative estimate of drug-likeness (QED) is 0.415. The maximum atomic E-state index is 13.6. The van der Waals surface area contributed by atoms with E-state index in [1.165, 1.54) is 6.21 Å². The normalized spacial score (nSPS) is 15.5.